The fourth-order valence-corrected chi connectivity index (χ4v) is 2.85. The lowest BCUT2D eigenvalue weighted by molar-refractivity contribution is 0.102. The quantitative estimate of drug-likeness (QED) is 0.596. The van der Waals surface area contributed by atoms with Crippen LogP contribution < -0.4 is 5.32 Å². The zero-order valence-corrected chi connectivity index (χ0v) is 15.5. The largest absolute Gasteiger partial charge is 0.307 e. The summed E-state index contributed by atoms with van der Waals surface area (Å²) < 4.78 is 1.61. The molecular formula is C16H10Cl4N4O. The number of carbonyl (C=O) groups is 1. The molecule has 0 saturated carbocycles. The van der Waals surface area contributed by atoms with Gasteiger partial charge in [-0.1, -0.05) is 52.5 Å². The number of rotatable bonds is 4. The van der Waals surface area contributed by atoms with E-state index in [1.165, 1.54) is 12.3 Å². The third kappa shape index (κ3) is 4.25. The Balaban J connectivity index is 1.79. The van der Waals surface area contributed by atoms with Gasteiger partial charge in [0.15, 0.2) is 0 Å². The molecule has 0 aliphatic rings. The van der Waals surface area contributed by atoms with E-state index < -0.39 is 0 Å². The molecule has 2 heterocycles. The highest BCUT2D eigenvalue weighted by Gasteiger charge is 2.13. The third-order valence-electron chi connectivity index (χ3n) is 3.35. The monoisotopic (exact) mass is 414 g/mol. The lowest BCUT2D eigenvalue weighted by Gasteiger charge is -2.10. The lowest BCUT2D eigenvalue weighted by Crippen LogP contribution is -2.16. The minimum absolute atomic E-state index is 0.139. The summed E-state index contributed by atoms with van der Waals surface area (Å²) >= 11 is 23.7. The molecule has 25 heavy (non-hydrogen) atoms. The van der Waals surface area contributed by atoms with Crippen LogP contribution >= 0.6 is 46.4 Å². The number of anilines is 1. The van der Waals surface area contributed by atoms with Crippen LogP contribution in [-0.2, 0) is 6.54 Å². The van der Waals surface area contributed by atoms with Gasteiger partial charge in [-0.15, -0.1) is 0 Å². The Morgan fingerprint density at radius 2 is 1.88 bits per heavy atom. The van der Waals surface area contributed by atoms with Gasteiger partial charge in [0, 0.05) is 22.3 Å². The van der Waals surface area contributed by atoms with E-state index in [-0.39, 0.29) is 21.6 Å². The smallest absolute Gasteiger partial charge is 0.258 e. The van der Waals surface area contributed by atoms with Crippen molar-refractivity contribution < 1.29 is 4.79 Å². The molecule has 1 aromatic carbocycles. The van der Waals surface area contributed by atoms with Gasteiger partial charge in [0.25, 0.3) is 5.91 Å². The van der Waals surface area contributed by atoms with Crippen LogP contribution in [0.2, 0.25) is 20.2 Å². The van der Waals surface area contributed by atoms with Gasteiger partial charge in [-0.2, -0.15) is 5.10 Å². The van der Waals surface area contributed by atoms with Crippen molar-refractivity contribution in [3.05, 3.63) is 74.1 Å². The molecule has 0 aliphatic heterocycles. The summed E-state index contributed by atoms with van der Waals surface area (Å²) in [7, 11) is 0. The first-order valence-corrected chi connectivity index (χ1v) is 8.53. The van der Waals surface area contributed by atoms with Gasteiger partial charge in [-0.25, -0.2) is 9.67 Å². The average Bonchev–Trinajstić information content (AvgIpc) is 2.99. The summed E-state index contributed by atoms with van der Waals surface area (Å²) in [5.41, 5.74) is 1.10. The number of halogens is 4. The van der Waals surface area contributed by atoms with Crippen LogP contribution in [0.3, 0.4) is 0 Å². The van der Waals surface area contributed by atoms with E-state index in [1.807, 2.05) is 0 Å². The van der Waals surface area contributed by atoms with Crippen LogP contribution in [0, 0.1) is 0 Å². The van der Waals surface area contributed by atoms with E-state index >= 15 is 0 Å². The number of nitrogens with zero attached hydrogens (tertiary/aromatic N) is 3. The Morgan fingerprint density at radius 3 is 2.60 bits per heavy atom. The SMILES string of the molecule is O=C(Nc1ccnn1Cc1ccc(Cl)cc1Cl)c1cnc(Cl)c(Cl)c1. The first-order valence-electron chi connectivity index (χ1n) is 7.02. The minimum Gasteiger partial charge on any atom is -0.307 e. The number of amides is 1. The van der Waals surface area contributed by atoms with Crippen LogP contribution in [0.1, 0.15) is 15.9 Å². The number of hydrogen-bond donors (Lipinski definition) is 1. The Kier molecular flexibility index (Phi) is 5.49. The van der Waals surface area contributed by atoms with Crippen molar-refractivity contribution in [2.45, 2.75) is 6.54 Å². The molecule has 0 fully saturated rings. The van der Waals surface area contributed by atoms with Gasteiger partial charge < -0.3 is 5.32 Å². The summed E-state index contributed by atoms with van der Waals surface area (Å²) in [6.45, 7) is 0.373. The standard InChI is InChI=1S/C16H10Cl4N4O/c17-11-2-1-9(12(18)6-11)8-24-14(3-4-22-24)23-16(25)10-5-13(19)15(20)21-7-10/h1-7H,8H2,(H,23,25). The highest BCUT2D eigenvalue weighted by atomic mass is 35.5. The Bertz CT molecular complexity index is 942. The third-order valence-corrected chi connectivity index (χ3v) is 4.62. The molecular weight excluding hydrogens is 406 g/mol. The van der Waals surface area contributed by atoms with Gasteiger partial charge in [-0.05, 0) is 23.8 Å². The zero-order chi connectivity index (χ0) is 18.0. The molecule has 1 N–H and O–H groups in total. The maximum Gasteiger partial charge on any atom is 0.258 e. The second kappa shape index (κ2) is 7.62. The normalized spacial score (nSPS) is 10.7. The first-order chi connectivity index (χ1) is 11.9. The minimum atomic E-state index is -0.380. The van der Waals surface area contributed by atoms with Crippen molar-refractivity contribution in [3.8, 4) is 0 Å². The predicted molar refractivity (Wildman–Crippen MR) is 100 cm³/mol. The highest BCUT2D eigenvalue weighted by Crippen LogP contribution is 2.23. The van der Waals surface area contributed by atoms with Gasteiger partial charge in [-0.3, -0.25) is 4.79 Å². The first kappa shape index (κ1) is 18.0. The molecule has 2 aromatic heterocycles. The summed E-state index contributed by atoms with van der Waals surface area (Å²) in [5, 5.41) is 8.37. The summed E-state index contributed by atoms with van der Waals surface area (Å²) in [6.07, 6.45) is 2.92. The van der Waals surface area contributed by atoms with Gasteiger partial charge in [0.05, 0.1) is 23.3 Å². The molecule has 0 radical (unpaired) electrons. The molecule has 0 atom stereocenters. The number of benzene rings is 1. The van der Waals surface area contributed by atoms with E-state index in [9.17, 15) is 4.79 Å². The molecule has 1 amide bonds. The van der Waals surface area contributed by atoms with E-state index in [2.05, 4.69) is 15.4 Å². The molecule has 9 heteroatoms. The van der Waals surface area contributed by atoms with Gasteiger partial charge in [0.1, 0.15) is 11.0 Å². The number of aromatic nitrogens is 3. The second-order valence-corrected chi connectivity index (χ2v) is 6.67. The lowest BCUT2D eigenvalue weighted by atomic mass is 10.2. The van der Waals surface area contributed by atoms with Crippen LogP contribution in [-0.4, -0.2) is 20.7 Å². The van der Waals surface area contributed by atoms with Crippen LogP contribution in [0.25, 0.3) is 0 Å². The van der Waals surface area contributed by atoms with Crippen molar-refractivity contribution in [2.75, 3.05) is 5.32 Å². The fourth-order valence-electron chi connectivity index (χ4n) is 2.11. The molecule has 0 unspecified atom stereocenters. The molecule has 0 saturated heterocycles. The van der Waals surface area contributed by atoms with Crippen molar-refractivity contribution in [1.29, 1.82) is 0 Å². The van der Waals surface area contributed by atoms with Crippen molar-refractivity contribution >= 4 is 58.1 Å². The maximum absolute atomic E-state index is 12.4. The van der Waals surface area contributed by atoms with Gasteiger partial charge in [0.2, 0.25) is 0 Å². The maximum atomic E-state index is 12.4. The number of pyridine rings is 1. The molecule has 128 valence electrons. The van der Waals surface area contributed by atoms with E-state index in [0.717, 1.165) is 5.56 Å². The molecule has 0 bridgehead atoms. The van der Waals surface area contributed by atoms with Crippen LogP contribution in [0.15, 0.2) is 42.7 Å². The van der Waals surface area contributed by atoms with Crippen molar-refractivity contribution in [2.24, 2.45) is 0 Å². The zero-order valence-electron chi connectivity index (χ0n) is 12.5. The van der Waals surface area contributed by atoms with Gasteiger partial charge >= 0.3 is 0 Å². The van der Waals surface area contributed by atoms with E-state index in [1.54, 1.807) is 35.1 Å². The molecule has 3 rings (SSSR count). The Labute approximate surface area is 163 Å². The van der Waals surface area contributed by atoms with Crippen LogP contribution in [0.5, 0.6) is 0 Å². The summed E-state index contributed by atoms with van der Waals surface area (Å²) in [6, 6.07) is 8.32. The number of hydrogen-bond acceptors (Lipinski definition) is 3. The van der Waals surface area contributed by atoms with E-state index in [4.69, 9.17) is 46.4 Å². The fraction of sp³-hybridized carbons (Fsp3) is 0.0625. The Hall–Kier alpha value is -1.79. The number of carbonyl (C=O) groups excluding carboxylic acids is 1. The summed E-state index contributed by atoms with van der Waals surface area (Å²) in [5.74, 6) is 0.122. The predicted octanol–water partition coefficient (Wildman–Crippen LogP) is 5.19. The average molecular weight is 416 g/mol. The highest BCUT2D eigenvalue weighted by molar-refractivity contribution is 6.41. The molecule has 3 aromatic rings. The van der Waals surface area contributed by atoms with Crippen LogP contribution in [0.4, 0.5) is 5.82 Å². The topological polar surface area (TPSA) is 59.8 Å². The van der Waals surface area contributed by atoms with Crippen molar-refractivity contribution in [1.82, 2.24) is 14.8 Å². The molecule has 5 nitrogen and oxygen atoms in total. The Morgan fingerprint density at radius 1 is 1.08 bits per heavy atom. The van der Waals surface area contributed by atoms with Crippen molar-refractivity contribution in [3.63, 3.8) is 0 Å². The summed E-state index contributed by atoms with van der Waals surface area (Å²) in [4.78, 5) is 16.2. The molecule has 0 spiro atoms. The van der Waals surface area contributed by atoms with E-state index in [0.29, 0.717) is 22.4 Å². The number of nitrogens with one attached hydrogen (secondary N) is 1. The second-order valence-electron chi connectivity index (χ2n) is 5.06. The molecule has 0 aliphatic carbocycles.